The highest BCUT2D eigenvalue weighted by Crippen LogP contribution is 2.26. The SMILES string of the molecule is Cc1ccc(CCN(CC(=O)O)C2CC2)cc1. The molecular formula is C14H19NO2. The quantitative estimate of drug-likeness (QED) is 0.818. The predicted molar refractivity (Wildman–Crippen MR) is 67.1 cm³/mol. The van der Waals surface area contributed by atoms with Crippen molar-refractivity contribution in [2.24, 2.45) is 0 Å². The maximum Gasteiger partial charge on any atom is 0.317 e. The third kappa shape index (κ3) is 3.86. The van der Waals surface area contributed by atoms with Crippen molar-refractivity contribution >= 4 is 5.97 Å². The van der Waals surface area contributed by atoms with E-state index in [0.717, 1.165) is 25.8 Å². The van der Waals surface area contributed by atoms with Crippen LogP contribution in [0.4, 0.5) is 0 Å². The number of aliphatic carboxylic acids is 1. The van der Waals surface area contributed by atoms with Crippen LogP contribution in [0.15, 0.2) is 24.3 Å². The van der Waals surface area contributed by atoms with Crippen LogP contribution in [0, 0.1) is 6.92 Å². The van der Waals surface area contributed by atoms with Crippen LogP contribution in [0.2, 0.25) is 0 Å². The topological polar surface area (TPSA) is 40.5 Å². The van der Waals surface area contributed by atoms with Gasteiger partial charge in [0.2, 0.25) is 0 Å². The summed E-state index contributed by atoms with van der Waals surface area (Å²) in [6.45, 7) is 3.10. The molecular weight excluding hydrogens is 214 g/mol. The Kier molecular flexibility index (Phi) is 3.79. The standard InChI is InChI=1S/C14H19NO2/c1-11-2-4-12(5-3-11)8-9-15(10-14(16)17)13-6-7-13/h2-5,13H,6-10H2,1H3,(H,16,17). The second kappa shape index (κ2) is 5.32. The van der Waals surface area contributed by atoms with Crippen LogP contribution in [0.5, 0.6) is 0 Å². The van der Waals surface area contributed by atoms with Gasteiger partial charge in [-0.3, -0.25) is 9.69 Å². The first-order chi connectivity index (χ1) is 8.15. The Hall–Kier alpha value is -1.35. The molecule has 1 aromatic carbocycles. The highest BCUT2D eigenvalue weighted by molar-refractivity contribution is 5.69. The number of nitrogens with zero attached hydrogens (tertiary/aromatic N) is 1. The summed E-state index contributed by atoms with van der Waals surface area (Å²) in [5, 5.41) is 8.85. The molecule has 0 unspecified atom stereocenters. The molecule has 2 rings (SSSR count). The first-order valence-corrected chi connectivity index (χ1v) is 6.16. The van der Waals surface area contributed by atoms with E-state index in [1.807, 2.05) is 0 Å². The average Bonchev–Trinajstić information content (AvgIpc) is 3.10. The predicted octanol–water partition coefficient (Wildman–Crippen LogP) is 2.09. The molecule has 0 spiro atoms. The van der Waals surface area contributed by atoms with Crippen LogP contribution >= 0.6 is 0 Å². The second-order valence-corrected chi connectivity index (χ2v) is 4.83. The fraction of sp³-hybridized carbons (Fsp3) is 0.500. The van der Waals surface area contributed by atoms with Gasteiger partial charge in [0.25, 0.3) is 0 Å². The summed E-state index contributed by atoms with van der Waals surface area (Å²) in [6.07, 6.45) is 3.24. The van der Waals surface area contributed by atoms with Crippen molar-refractivity contribution in [3.63, 3.8) is 0 Å². The molecule has 3 heteroatoms. The molecule has 0 aliphatic heterocycles. The molecule has 17 heavy (non-hydrogen) atoms. The first-order valence-electron chi connectivity index (χ1n) is 6.16. The van der Waals surface area contributed by atoms with Gasteiger partial charge in [-0.1, -0.05) is 29.8 Å². The normalized spacial score (nSPS) is 15.2. The molecule has 1 aliphatic carbocycles. The lowest BCUT2D eigenvalue weighted by molar-refractivity contribution is -0.138. The number of benzene rings is 1. The average molecular weight is 233 g/mol. The minimum atomic E-state index is -0.721. The number of hydrogen-bond acceptors (Lipinski definition) is 2. The van der Waals surface area contributed by atoms with Crippen molar-refractivity contribution in [2.45, 2.75) is 32.2 Å². The van der Waals surface area contributed by atoms with Gasteiger partial charge in [-0.2, -0.15) is 0 Å². The minimum Gasteiger partial charge on any atom is -0.480 e. The van der Waals surface area contributed by atoms with Crippen molar-refractivity contribution in [3.05, 3.63) is 35.4 Å². The number of carboxylic acid groups (broad SMARTS) is 1. The van der Waals surface area contributed by atoms with E-state index in [2.05, 4.69) is 36.1 Å². The highest BCUT2D eigenvalue weighted by Gasteiger charge is 2.29. The molecule has 1 fully saturated rings. The molecule has 1 aromatic rings. The summed E-state index contributed by atoms with van der Waals surface area (Å²) < 4.78 is 0. The molecule has 1 aliphatic rings. The van der Waals surface area contributed by atoms with Gasteiger partial charge in [0.05, 0.1) is 6.54 Å². The van der Waals surface area contributed by atoms with E-state index in [1.54, 1.807) is 0 Å². The molecule has 0 atom stereocenters. The van der Waals surface area contributed by atoms with Crippen LogP contribution in [0.1, 0.15) is 24.0 Å². The maximum absolute atomic E-state index is 10.8. The maximum atomic E-state index is 10.8. The van der Waals surface area contributed by atoms with Gasteiger partial charge in [-0.05, 0) is 31.7 Å². The van der Waals surface area contributed by atoms with E-state index in [1.165, 1.54) is 11.1 Å². The fourth-order valence-electron chi connectivity index (χ4n) is 2.03. The summed E-state index contributed by atoms with van der Waals surface area (Å²) in [7, 11) is 0. The zero-order chi connectivity index (χ0) is 12.3. The van der Waals surface area contributed by atoms with E-state index >= 15 is 0 Å². The fourth-order valence-corrected chi connectivity index (χ4v) is 2.03. The Bertz CT molecular complexity index is 382. The first kappa shape index (κ1) is 12.1. The summed E-state index contributed by atoms with van der Waals surface area (Å²) in [5.74, 6) is -0.721. The Morgan fingerprint density at radius 1 is 1.35 bits per heavy atom. The van der Waals surface area contributed by atoms with Crippen molar-refractivity contribution < 1.29 is 9.90 Å². The molecule has 0 aromatic heterocycles. The molecule has 1 saturated carbocycles. The monoisotopic (exact) mass is 233 g/mol. The second-order valence-electron chi connectivity index (χ2n) is 4.83. The van der Waals surface area contributed by atoms with Crippen LogP contribution in [-0.2, 0) is 11.2 Å². The van der Waals surface area contributed by atoms with E-state index in [9.17, 15) is 4.79 Å². The van der Waals surface area contributed by atoms with Crippen molar-refractivity contribution in [1.29, 1.82) is 0 Å². The van der Waals surface area contributed by atoms with Crippen LogP contribution in [0.3, 0.4) is 0 Å². The lowest BCUT2D eigenvalue weighted by atomic mass is 10.1. The van der Waals surface area contributed by atoms with Gasteiger partial charge in [-0.25, -0.2) is 0 Å². The van der Waals surface area contributed by atoms with Gasteiger partial charge in [0.1, 0.15) is 0 Å². The van der Waals surface area contributed by atoms with Crippen LogP contribution < -0.4 is 0 Å². The molecule has 1 N–H and O–H groups in total. The smallest absolute Gasteiger partial charge is 0.317 e. The minimum absolute atomic E-state index is 0.177. The van der Waals surface area contributed by atoms with Crippen LogP contribution in [0.25, 0.3) is 0 Å². The molecule has 0 amide bonds. The molecule has 92 valence electrons. The third-order valence-corrected chi connectivity index (χ3v) is 3.21. The van der Waals surface area contributed by atoms with Crippen molar-refractivity contribution in [3.8, 4) is 0 Å². The van der Waals surface area contributed by atoms with Gasteiger partial charge in [0.15, 0.2) is 0 Å². The van der Waals surface area contributed by atoms with Crippen molar-refractivity contribution in [2.75, 3.05) is 13.1 Å². The molecule has 0 saturated heterocycles. The largest absolute Gasteiger partial charge is 0.480 e. The summed E-state index contributed by atoms with van der Waals surface area (Å²) in [4.78, 5) is 12.8. The Morgan fingerprint density at radius 2 is 2.00 bits per heavy atom. The lowest BCUT2D eigenvalue weighted by Crippen LogP contribution is -2.33. The zero-order valence-electron chi connectivity index (χ0n) is 10.2. The number of carboxylic acids is 1. The van der Waals surface area contributed by atoms with E-state index in [-0.39, 0.29) is 6.54 Å². The number of aryl methyl sites for hydroxylation is 1. The van der Waals surface area contributed by atoms with Crippen molar-refractivity contribution in [1.82, 2.24) is 4.90 Å². The van der Waals surface area contributed by atoms with Gasteiger partial charge >= 0.3 is 5.97 Å². The van der Waals surface area contributed by atoms with E-state index < -0.39 is 5.97 Å². The summed E-state index contributed by atoms with van der Waals surface area (Å²) in [5.41, 5.74) is 2.55. The van der Waals surface area contributed by atoms with E-state index in [4.69, 9.17) is 5.11 Å². The summed E-state index contributed by atoms with van der Waals surface area (Å²) in [6, 6.07) is 8.97. The number of carbonyl (C=O) groups is 1. The van der Waals surface area contributed by atoms with Gasteiger partial charge in [-0.15, -0.1) is 0 Å². The molecule has 3 nitrogen and oxygen atoms in total. The Balaban J connectivity index is 1.86. The van der Waals surface area contributed by atoms with Crippen LogP contribution in [-0.4, -0.2) is 35.1 Å². The molecule has 0 radical (unpaired) electrons. The Morgan fingerprint density at radius 3 is 2.53 bits per heavy atom. The zero-order valence-corrected chi connectivity index (χ0v) is 10.2. The van der Waals surface area contributed by atoms with Gasteiger partial charge < -0.3 is 5.11 Å². The molecule has 0 heterocycles. The Labute approximate surface area is 102 Å². The van der Waals surface area contributed by atoms with Gasteiger partial charge in [0, 0.05) is 12.6 Å². The number of rotatable bonds is 6. The summed E-state index contributed by atoms with van der Waals surface area (Å²) >= 11 is 0. The third-order valence-electron chi connectivity index (χ3n) is 3.21. The number of hydrogen-bond donors (Lipinski definition) is 1. The molecule has 0 bridgehead atoms. The highest BCUT2D eigenvalue weighted by atomic mass is 16.4. The lowest BCUT2D eigenvalue weighted by Gasteiger charge is -2.19. The van der Waals surface area contributed by atoms with E-state index in [0.29, 0.717) is 6.04 Å².